The lowest BCUT2D eigenvalue weighted by Gasteiger charge is -2.10. The largest absolute Gasteiger partial charge is 0.478 e. The second-order valence-electron chi connectivity index (χ2n) is 17.7. The van der Waals surface area contributed by atoms with Crippen molar-refractivity contribution in [2.24, 2.45) is 0 Å². The molecule has 0 aliphatic carbocycles. The van der Waals surface area contributed by atoms with Gasteiger partial charge in [0.05, 0.1) is 60.3 Å². The topological polar surface area (TPSA) is 262 Å². The second kappa shape index (κ2) is 21.5. The molecule has 0 aliphatic rings. The predicted molar refractivity (Wildman–Crippen MR) is 300 cm³/mol. The van der Waals surface area contributed by atoms with Crippen molar-refractivity contribution in [1.29, 1.82) is 0 Å². The molecule has 0 amide bonds. The highest BCUT2D eigenvalue weighted by Gasteiger charge is 2.25. The standard InChI is InChI=1S/C20H11ClFNO5.C20H14ClNO3.C20H12FNO5/c21-13-6-4-9(22)8-15(13)23-14-7-5-12(20(26)27)18-16(14)10-2-1-3-11(19(24)25)17(10)28-18;1-11-5-4-6-12-17-16(22-15-8-3-2-7-14(15)21)10-9-13(20(23)24)19(17)25-18(11)12;21-13-6-1-2-7-14(13)22-15-9-8-12(20(25)26)18-16(15)10-4-3-5-11(19(23)24)17(10)27-18/h1-8,23H,(H,24,25)(H,26,27);2-10,22H,1H3,(H,23,24);1-9,22H,(H,23,24)(H,25,26). The van der Waals surface area contributed by atoms with Gasteiger partial charge in [0.2, 0.25) is 0 Å². The van der Waals surface area contributed by atoms with Crippen LogP contribution in [-0.4, -0.2) is 55.4 Å². The number of aryl methyl sites for hydroxylation is 1. The molecule has 3 heterocycles. The number of rotatable bonds is 11. The van der Waals surface area contributed by atoms with E-state index in [-0.39, 0.29) is 66.5 Å². The van der Waals surface area contributed by atoms with Crippen LogP contribution in [0.3, 0.4) is 0 Å². The Morgan fingerprint density at radius 2 is 0.750 bits per heavy atom. The average molecular weight is 1120 g/mol. The Hall–Kier alpha value is -10.4. The highest BCUT2D eigenvalue weighted by molar-refractivity contribution is 6.34. The van der Waals surface area contributed by atoms with Gasteiger partial charge in [-0.3, -0.25) is 0 Å². The number of fused-ring (bicyclic) bond motifs is 9. The number of halogens is 4. The van der Waals surface area contributed by atoms with E-state index in [9.17, 15) is 58.3 Å². The number of nitrogens with one attached hydrogen (secondary N) is 3. The summed E-state index contributed by atoms with van der Waals surface area (Å²) in [6.07, 6.45) is 0. The molecule has 12 aromatic rings. The van der Waals surface area contributed by atoms with E-state index in [4.69, 9.17) is 36.5 Å². The predicted octanol–water partition coefficient (Wildman–Crippen LogP) is 16.4. The van der Waals surface area contributed by atoms with Crippen molar-refractivity contribution >= 4 is 153 Å². The molecule has 0 bridgehead atoms. The number of aromatic carboxylic acids is 5. The van der Waals surface area contributed by atoms with E-state index in [1.54, 1.807) is 48.5 Å². The molecule has 12 rings (SSSR count). The summed E-state index contributed by atoms with van der Waals surface area (Å²) >= 11 is 12.4. The third kappa shape index (κ3) is 9.94. The Balaban J connectivity index is 0.000000135. The number of carboxylic acid groups (broad SMARTS) is 5. The number of carboxylic acids is 5. The van der Waals surface area contributed by atoms with Gasteiger partial charge in [0.25, 0.3) is 0 Å². The molecule has 0 radical (unpaired) electrons. The molecular formula is C60H37Cl2F2N3O13. The number of furan rings is 3. The van der Waals surface area contributed by atoms with Crippen LogP contribution in [0.15, 0.2) is 171 Å². The normalized spacial score (nSPS) is 11.1. The summed E-state index contributed by atoms with van der Waals surface area (Å²) in [4.78, 5) is 57.8. The molecule has 0 saturated carbocycles. The maximum Gasteiger partial charge on any atom is 0.339 e. The maximum atomic E-state index is 14.0. The molecule has 0 saturated heterocycles. The van der Waals surface area contributed by atoms with Gasteiger partial charge in [-0.25, -0.2) is 32.8 Å². The van der Waals surface area contributed by atoms with Gasteiger partial charge in [-0.2, -0.15) is 0 Å². The first-order chi connectivity index (χ1) is 38.4. The van der Waals surface area contributed by atoms with Gasteiger partial charge in [-0.1, -0.05) is 89.9 Å². The fourth-order valence-electron chi connectivity index (χ4n) is 9.16. The highest BCUT2D eigenvalue weighted by Crippen LogP contribution is 2.43. The number of carbonyl (C=O) groups is 5. The molecule has 3 aromatic heterocycles. The van der Waals surface area contributed by atoms with Crippen molar-refractivity contribution in [3.63, 3.8) is 0 Å². The first kappa shape index (κ1) is 53.0. The van der Waals surface area contributed by atoms with Crippen molar-refractivity contribution in [2.45, 2.75) is 6.92 Å². The molecule has 398 valence electrons. The van der Waals surface area contributed by atoms with Crippen LogP contribution in [0.2, 0.25) is 10.0 Å². The van der Waals surface area contributed by atoms with Crippen LogP contribution in [0.5, 0.6) is 0 Å². The zero-order valence-electron chi connectivity index (χ0n) is 41.0. The molecule has 0 unspecified atom stereocenters. The summed E-state index contributed by atoms with van der Waals surface area (Å²) in [5.41, 5.74) is 4.61. The van der Waals surface area contributed by atoms with Gasteiger partial charge < -0.3 is 54.7 Å². The van der Waals surface area contributed by atoms with Crippen LogP contribution < -0.4 is 16.0 Å². The van der Waals surface area contributed by atoms with Gasteiger partial charge in [-0.15, -0.1) is 0 Å². The third-order valence-electron chi connectivity index (χ3n) is 12.8. The van der Waals surface area contributed by atoms with Crippen LogP contribution in [0.4, 0.5) is 42.9 Å². The van der Waals surface area contributed by atoms with Crippen molar-refractivity contribution in [1.82, 2.24) is 0 Å². The first-order valence-corrected chi connectivity index (χ1v) is 24.5. The van der Waals surface area contributed by atoms with Crippen molar-refractivity contribution < 1.29 is 71.5 Å². The Bertz CT molecular complexity index is 4550. The fourth-order valence-corrected chi connectivity index (χ4v) is 9.50. The van der Waals surface area contributed by atoms with Gasteiger partial charge in [0.1, 0.15) is 56.2 Å². The van der Waals surface area contributed by atoms with E-state index >= 15 is 0 Å². The lowest BCUT2D eigenvalue weighted by Crippen LogP contribution is -1.99. The van der Waals surface area contributed by atoms with E-state index in [0.717, 1.165) is 27.7 Å². The molecule has 0 atom stereocenters. The SMILES string of the molecule is Cc1cccc2c1oc1c(C(=O)O)ccc(Nc3ccccc3Cl)c12.O=C(O)c1cccc2c1oc1c(C(=O)O)ccc(Nc3cc(F)ccc3Cl)c12.O=C(O)c1cccc2c1oc1c(C(=O)O)ccc(Nc3ccccc3F)c12. The molecule has 8 N–H and O–H groups in total. The Morgan fingerprint density at radius 3 is 1.21 bits per heavy atom. The van der Waals surface area contributed by atoms with Crippen LogP contribution >= 0.6 is 23.2 Å². The highest BCUT2D eigenvalue weighted by atomic mass is 35.5. The number of anilines is 6. The summed E-state index contributed by atoms with van der Waals surface area (Å²) in [5.74, 6) is -6.84. The lowest BCUT2D eigenvalue weighted by molar-refractivity contribution is 0.0685. The molecule has 20 heteroatoms. The third-order valence-corrected chi connectivity index (χ3v) is 13.4. The quantitative estimate of drug-likeness (QED) is 0.0599. The molecular weight excluding hydrogens is 1080 g/mol. The van der Waals surface area contributed by atoms with Crippen molar-refractivity contribution in [3.8, 4) is 0 Å². The Morgan fingerprint density at radius 1 is 0.375 bits per heavy atom. The number of benzene rings is 9. The minimum absolute atomic E-state index is 0.00808. The molecule has 80 heavy (non-hydrogen) atoms. The summed E-state index contributed by atoms with van der Waals surface area (Å²) in [6.45, 7) is 1.94. The van der Waals surface area contributed by atoms with Gasteiger partial charge in [0, 0.05) is 16.2 Å². The molecule has 0 fully saturated rings. The smallest absolute Gasteiger partial charge is 0.339 e. The zero-order chi connectivity index (χ0) is 56.7. The monoisotopic (exact) mass is 1120 g/mol. The van der Waals surface area contributed by atoms with E-state index in [1.165, 1.54) is 72.8 Å². The lowest BCUT2D eigenvalue weighted by atomic mass is 10.0. The van der Waals surface area contributed by atoms with E-state index < -0.39 is 41.5 Å². The minimum Gasteiger partial charge on any atom is -0.478 e. The zero-order valence-corrected chi connectivity index (χ0v) is 42.5. The summed E-state index contributed by atoms with van der Waals surface area (Å²) in [6, 6.07) is 41.0. The first-order valence-electron chi connectivity index (χ1n) is 23.7. The van der Waals surface area contributed by atoms with E-state index in [1.807, 2.05) is 43.3 Å². The molecule has 16 nitrogen and oxygen atoms in total. The van der Waals surface area contributed by atoms with Crippen molar-refractivity contribution in [2.75, 3.05) is 16.0 Å². The molecule has 9 aromatic carbocycles. The van der Waals surface area contributed by atoms with Gasteiger partial charge in [0.15, 0.2) is 16.7 Å². The Labute approximate surface area is 458 Å². The second-order valence-corrected chi connectivity index (χ2v) is 18.5. The average Bonchev–Trinajstić information content (AvgIpc) is 4.28. The summed E-state index contributed by atoms with van der Waals surface area (Å²) in [5, 5.41) is 60.4. The summed E-state index contributed by atoms with van der Waals surface area (Å²) < 4.78 is 44.9. The molecule has 0 aliphatic heterocycles. The fraction of sp³-hybridized carbons (Fsp3) is 0.0167. The minimum atomic E-state index is -1.23. The van der Waals surface area contributed by atoms with E-state index in [0.29, 0.717) is 49.1 Å². The van der Waals surface area contributed by atoms with Gasteiger partial charge >= 0.3 is 29.8 Å². The number of hydrogen-bond acceptors (Lipinski definition) is 11. The van der Waals surface area contributed by atoms with Gasteiger partial charge in [-0.05, 0) is 103 Å². The number of para-hydroxylation sites is 5. The Kier molecular flexibility index (Phi) is 14.3. The maximum absolute atomic E-state index is 14.0. The van der Waals surface area contributed by atoms with Crippen LogP contribution in [0.1, 0.15) is 57.4 Å². The molecule has 0 spiro atoms. The van der Waals surface area contributed by atoms with E-state index in [2.05, 4.69) is 16.0 Å². The van der Waals surface area contributed by atoms with Crippen LogP contribution in [0, 0.1) is 18.6 Å². The summed E-state index contributed by atoms with van der Waals surface area (Å²) in [7, 11) is 0. The van der Waals surface area contributed by atoms with Crippen molar-refractivity contribution in [3.05, 3.63) is 213 Å². The van der Waals surface area contributed by atoms with Crippen LogP contribution in [0.25, 0.3) is 65.8 Å². The number of hydrogen-bond donors (Lipinski definition) is 8. The van der Waals surface area contributed by atoms with Crippen LogP contribution in [-0.2, 0) is 0 Å².